The molecule has 2 heterocycles. The van der Waals surface area contributed by atoms with Crippen LogP contribution in [0.15, 0.2) is 48.7 Å². The molecule has 0 bridgehead atoms. The van der Waals surface area contributed by atoms with E-state index in [1.165, 1.54) is 5.69 Å². The van der Waals surface area contributed by atoms with E-state index in [1.807, 2.05) is 30.5 Å². The maximum Gasteiger partial charge on any atom is 0.142 e. The molecule has 4 nitrogen and oxygen atoms in total. The summed E-state index contributed by atoms with van der Waals surface area (Å²) in [6.45, 7) is 4.29. The van der Waals surface area contributed by atoms with Crippen LogP contribution in [0.2, 0.25) is 0 Å². The van der Waals surface area contributed by atoms with Gasteiger partial charge >= 0.3 is 0 Å². The van der Waals surface area contributed by atoms with Crippen LogP contribution in [0.5, 0.6) is 5.75 Å². The quantitative estimate of drug-likeness (QED) is 0.918. The van der Waals surface area contributed by atoms with E-state index in [2.05, 4.69) is 40.3 Å². The van der Waals surface area contributed by atoms with Gasteiger partial charge in [-0.1, -0.05) is 18.2 Å². The number of hydrogen-bond acceptors (Lipinski definition) is 4. The normalized spacial score (nSPS) is 17.0. The minimum Gasteiger partial charge on any atom is -0.495 e. The lowest BCUT2D eigenvalue weighted by atomic mass is 10.0. The van der Waals surface area contributed by atoms with Gasteiger partial charge in [-0.25, -0.2) is 0 Å². The third kappa shape index (κ3) is 3.82. The average Bonchev–Trinajstić information content (AvgIpc) is 2.63. The zero-order chi connectivity index (χ0) is 16.1. The second kappa shape index (κ2) is 7.47. The number of ether oxygens (including phenoxy) is 1. The van der Waals surface area contributed by atoms with Gasteiger partial charge < -0.3 is 15.0 Å². The summed E-state index contributed by atoms with van der Waals surface area (Å²) >= 11 is 0. The molecule has 3 rings (SSSR count). The molecule has 4 heteroatoms. The van der Waals surface area contributed by atoms with E-state index in [4.69, 9.17) is 4.74 Å². The Balaban J connectivity index is 1.56. The van der Waals surface area contributed by atoms with E-state index >= 15 is 0 Å². The third-order valence-electron chi connectivity index (χ3n) is 4.54. The molecule has 23 heavy (non-hydrogen) atoms. The van der Waals surface area contributed by atoms with Crippen molar-refractivity contribution >= 4 is 5.69 Å². The molecule has 1 N–H and O–H groups in total. The van der Waals surface area contributed by atoms with E-state index in [1.54, 1.807) is 7.11 Å². The van der Waals surface area contributed by atoms with Gasteiger partial charge in [0.25, 0.3) is 0 Å². The Morgan fingerprint density at radius 1 is 1.13 bits per heavy atom. The monoisotopic (exact) mass is 311 g/mol. The molecule has 1 unspecified atom stereocenters. The van der Waals surface area contributed by atoms with Crippen LogP contribution in [0, 0.1) is 0 Å². The fourth-order valence-electron chi connectivity index (χ4n) is 3.25. The maximum atomic E-state index is 5.48. The van der Waals surface area contributed by atoms with Crippen molar-refractivity contribution in [3.63, 3.8) is 0 Å². The highest BCUT2D eigenvalue weighted by Crippen LogP contribution is 2.30. The van der Waals surface area contributed by atoms with Crippen LogP contribution in [0.1, 0.15) is 31.5 Å². The molecule has 122 valence electrons. The lowest BCUT2D eigenvalue weighted by Crippen LogP contribution is -2.43. The summed E-state index contributed by atoms with van der Waals surface area (Å²) in [7, 11) is 1.74. The number of pyridine rings is 1. The number of nitrogens with one attached hydrogen (secondary N) is 1. The first-order chi connectivity index (χ1) is 11.3. The lowest BCUT2D eigenvalue weighted by Gasteiger charge is -2.35. The van der Waals surface area contributed by atoms with E-state index in [0.717, 1.165) is 37.4 Å². The fraction of sp³-hybridized carbons (Fsp3) is 0.421. The van der Waals surface area contributed by atoms with E-state index in [9.17, 15) is 0 Å². The number of methoxy groups -OCH3 is 1. The summed E-state index contributed by atoms with van der Waals surface area (Å²) in [6, 6.07) is 15.2. The van der Waals surface area contributed by atoms with Crippen molar-refractivity contribution in [3.8, 4) is 5.75 Å². The van der Waals surface area contributed by atoms with Crippen molar-refractivity contribution in [2.45, 2.75) is 31.8 Å². The molecule has 0 saturated carbocycles. The summed E-state index contributed by atoms with van der Waals surface area (Å²) in [5.41, 5.74) is 2.31. The Labute approximate surface area is 138 Å². The van der Waals surface area contributed by atoms with Crippen molar-refractivity contribution in [2.75, 3.05) is 25.1 Å². The van der Waals surface area contributed by atoms with Crippen LogP contribution in [-0.4, -0.2) is 31.2 Å². The SMILES string of the molecule is COc1ccccc1N1CCC(NC(C)c2ccccn2)CC1. The summed E-state index contributed by atoms with van der Waals surface area (Å²) in [4.78, 5) is 6.86. The Morgan fingerprint density at radius 2 is 1.87 bits per heavy atom. The lowest BCUT2D eigenvalue weighted by molar-refractivity contribution is 0.372. The number of para-hydroxylation sites is 2. The van der Waals surface area contributed by atoms with Gasteiger partial charge in [0.15, 0.2) is 0 Å². The van der Waals surface area contributed by atoms with Crippen molar-refractivity contribution in [1.82, 2.24) is 10.3 Å². The molecular weight excluding hydrogens is 286 g/mol. The highest BCUT2D eigenvalue weighted by atomic mass is 16.5. The van der Waals surface area contributed by atoms with Crippen molar-refractivity contribution in [2.24, 2.45) is 0 Å². The molecule has 1 aliphatic heterocycles. The van der Waals surface area contributed by atoms with Gasteiger partial charge in [0.05, 0.1) is 18.5 Å². The van der Waals surface area contributed by atoms with Gasteiger partial charge in [-0.15, -0.1) is 0 Å². The first-order valence-corrected chi connectivity index (χ1v) is 8.33. The zero-order valence-electron chi connectivity index (χ0n) is 13.9. The average molecular weight is 311 g/mol. The minimum atomic E-state index is 0.291. The predicted molar refractivity (Wildman–Crippen MR) is 94.0 cm³/mol. The van der Waals surface area contributed by atoms with E-state index in [0.29, 0.717) is 12.1 Å². The first-order valence-electron chi connectivity index (χ1n) is 8.33. The molecule has 0 aliphatic carbocycles. The molecule has 1 saturated heterocycles. The van der Waals surface area contributed by atoms with Crippen molar-refractivity contribution in [1.29, 1.82) is 0 Å². The van der Waals surface area contributed by atoms with Crippen LogP contribution in [0.3, 0.4) is 0 Å². The number of piperidine rings is 1. The minimum absolute atomic E-state index is 0.291. The molecular formula is C19H25N3O. The predicted octanol–water partition coefficient (Wildman–Crippen LogP) is 3.41. The summed E-state index contributed by atoms with van der Waals surface area (Å²) in [6.07, 6.45) is 4.13. The van der Waals surface area contributed by atoms with Gasteiger partial charge in [0.1, 0.15) is 5.75 Å². The second-order valence-corrected chi connectivity index (χ2v) is 6.08. The molecule has 1 aliphatic rings. The molecule has 0 radical (unpaired) electrons. The smallest absolute Gasteiger partial charge is 0.142 e. The third-order valence-corrected chi connectivity index (χ3v) is 4.54. The van der Waals surface area contributed by atoms with Gasteiger partial charge in [-0.3, -0.25) is 4.98 Å². The van der Waals surface area contributed by atoms with Gasteiger partial charge in [0.2, 0.25) is 0 Å². The number of benzene rings is 1. The fourth-order valence-corrected chi connectivity index (χ4v) is 3.25. The number of anilines is 1. The highest BCUT2D eigenvalue weighted by Gasteiger charge is 2.22. The Hall–Kier alpha value is -2.07. The Kier molecular flexibility index (Phi) is 5.13. The first kappa shape index (κ1) is 15.8. The second-order valence-electron chi connectivity index (χ2n) is 6.08. The van der Waals surface area contributed by atoms with E-state index in [-0.39, 0.29) is 0 Å². The van der Waals surface area contributed by atoms with E-state index < -0.39 is 0 Å². The Bertz CT molecular complexity index is 609. The van der Waals surface area contributed by atoms with Crippen molar-refractivity contribution in [3.05, 3.63) is 54.4 Å². The molecule has 1 aromatic heterocycles. The van der Waals surface area contributed by atoms with Crippen molar-refractivity contribution < 1.29 is 4.74 Å². The number of nitrogens with zero attached hydrogens (tertiary/aromatic N) is 2. The molecule has 0 amide bonds. The molecule has 1 fully saturated rings. The van der Waals surface area contributed by atoms with Gasteiger partial charge in [0, 0.05) is 31.4 Å². The van der Waals surface area contributed by atoms with Crippen LogP contribution >= 0.6 is 0 Å². The summed E-state index contributed by atoms with van der Waals surface area (Å²) in [5.74, 6) is 0.959. The van der Waals surface area contributed by atoms with Crippen LogP contribution in [0.4, 0.5) is 5.69 Å². The molecule has 1 aromatic carbocycles. The van der Waals surface area contributed by atoms with Crippen LogP contribution < -0.4 is 15.0 Å². The highest BCUT2D eigenvalue weighted by molar-refractivity contribution is 5.58. The Morgan fingerprint density at radius 3 is 2.57 bits per heavy atom. The largest absolute Gasteiger partial charge is 0.495 e. The van der Waals surface area contributed by atoms with Gasteiger partial charge in [-0.2, -0.15) is 0 Å². The topological polar surface area (TPSA) is 37.4 Å². The standard InChI is InChI=1S/C19H25N3O/c1-15(17-7-5-6-12-20-17)21-16-10-13-22(14-11-16)18-8-3-4-9-19(18)23-2/h3-9,12,15-16,21H,10-11,13-14H2,1-2H3. The zero-order valence-corrected chi connectivity index (χ0v) is 13.9. The van der Waals surface area contributed by atoms with Crippen LogP contribution in [0.25, 0.3) is 0 Å². The molecule has 0 spiro atoms. The summed E-state index contributed by atoms with van der Waals surface area (Å²) < 4.78 is 5.48. The molecule has 2 aromatic rings. The molecule has 1 atom stereocenters. The van der Waals surface area contributed by atoms with Gasteiger partial charge in [-0.05, 0) is 44.0 Å². The maximum absolute atomic E-state index is 5.48. The number of hydrogen-bond donors (Lipinski definition) is 1. The summed E-state index contributed by atoms with van der Waals surface area (Å²) in [5, 5.41) is 3.72. The van der Waals surface area contributed by atoms with Crippen LogP contribution in [-0.2, 0) is 0 Å². The number of rotatable bonds is 5. The number of aromatic nitrogens is 1.